The van der Waals surface area contributed by atoms with E-state index in [-0.39, 0.29) is 0 Å². The molecule has 1 aliphatic heterocycles. The Bertz CT molecular complexity index is 627. The second kappa shape index (κ2) is 11.0. The molecule has 1 saturated carbocycles. The first-order valence-electron chi connectivity index (χ1n) is 11.4. The van der Waals surface area contributed by atoms with Gasteiger partial charge in [-0.15, -0.1) is 0 Å². The van der Waals surface area contributed by atoms with Crippen LogP contribution in [0.15, 0.2) is 35.3 Å². The van der Waals surface area contributed by atoms with E-state index in [1.807, 2.05) is 14.2 Å². The molecule has 1 aromatic rings. The monoisotopic (exact) mass is 400 g/mol. The fourth-order valence-corrected chi connectivity index (χ4v) is 5.02. The van der Waals surface area contributed by atoms with Crippen molar-refractivity contribution < 1.29 is 4.74 Å². The summed E-state index contributed by atoms with van der Waals surface area (Å²) in [6.07, 6.45) is 8.74. The molecule has 162 valence electrons. The lowest BCUT2D eigenvalue weighted by Crippen LogP contribution is -2.52. The number of ether oxygens (including phenoxy) is 1. The Morgan fingerprint density at radius 2 is 2.00 bits per heavy atom. The molecule has 2 atom stereocenters. The van der Waals surface area contributed by atoms with Gasteiger partial charge in [0.25, 0.3) is 0 Å². The first kappa shape index (κ1) is 22.1. The molecule has 0 bridgehead atoms. The Hall–Kier alpha value is -1.59. The molecule has 5 nitrogen and oxygen atoms in total. The van der Waals surface area contributed by atoms with Crippen LogP contribution in [0.5, 0.6) is 0 Å². The quantitative estimate of drug-likeness (QED) is 0.515. The smallest absolute Gasteiger partial charge is 0.191 e. The van der Waals surface area contributed by atoms with Crippen LogP contribution in [0.1, 0.15) is 57.4 Å². The number of nitrogens with one attached hydrogen (secondary N) is 2. The van der Waals surface area contributed by atoms with E-state index in [4.69, 9.17) is 4.74 Å². The van der Waals surface area contributed by atoms with E-state index in [9.17, 15) is 0 Å². The van der Waals surface area contributed by atoms with Gasteiger partial charge in [-0.1, -0.05) is 43.2 Å². The molecule has 1 aliphatic carbocycles. The number of benzene rings is 1. The third-order valence-corrected chi connectivity index (χ3v) is 6.94. The van der Waals surface area contributed by atoms with Gasteiger partial charge in [-0.05, 0) is 50.0 Å². The molecule has 2 N–H and O–H groups in total. The molecular formula is C24H40N4O. The minimum absolute atomic E-state index is 0.375. The van der Waals surface area contributed by atoms with Crippen LogP contribution in [0.2, 0.25) is 0 Å². The third-order valence-electron chi connectivity index (χ3n) is 6.94. The minimum atomic E-state index is 0.375. The SMILES string of the molecule is CN=C(NCC1(CCOC)CCCC1)NC1CCN(Cc2ccccc2)C(C)C1. The summed E-state index contributed by atoms with van der Waals surface area (Å²) in [6, 6.07) is 11.9. The third kappa shape index (κ3) is 6.45. The van der Waals surface area contributed by atoms with Crippen molar-refractivity contribution in [1.29, 1.82) is 0 Å². The van der Waals surface area contributed by atoms with Crippen molar-refractivity contribution in [2.75, 3.05) is 33.9 Å². The Balaban J connectivity index is 1.46. The zero-order chi connectivity index (χ0) is 20.5. The summed E-state index contributed by atoms with van der Waals surface area (Å²) >= 11 is 0. The van der Waals surface area contributed by atoms with Gasteiger partial charge >= 0.3 is 0 Å². The topological polar surface area (TPSA) is 48.9 Å². The van der Waals surface area contributed by atoms with Crippen LogP contribution < -0.4 is 10.6 Å². The first-order chi connectivity index (χ1) is 14.1. The lowest BCUT2D eigenvalue weighted by molar-refractivity contribution is 0.132. The lowest BCUT2D eigenvalue weighted by Gasteiger charge is -2.38. The highest BCUT2D eigenvalue weighted by Gasteiger charge is 2.34. The molecule has 3 rings (SSSR count). The van der Waals surface area contributed by atoms with E-state index in [0.717, 1.165) is 51.5 Å². The van der Waals surface area contributed by atoms with E-state index >= 15 is 0 Å². The molecule has 1 heterocycles. The molecule has 0 radical (unpaired) electrons. The Kier molecular flexibility index (Phi) is 8.37. The number of hydrogen-bond acceptors (Lipinski definition) is 3. The number of nitrogens with zero attached hydrogens (tertiary/aromatic N) is 2. The molecule has 0 amide bonds. The van der Waals surface area contributed by atoms with Crippen LogP contribution in [0.25, 0.3) is 0 Å². The van der Waals surface area contributed by atoms with E-state index < -0.39 is 0 Å². The maximum Gasteiger partial charge on any atom is 0.191 e. The van der Waals surface area contributed by atoms with Crippen molar-refractivity contribution >= 4 is 5.96 Å². The average molecular weight is 401 g/mol. The zero-order valence-electron chi connectivity index (χ0n) is 18.6. The molecule has 1 saturated heterocycles. The molecule has 2 fully saturated rings. The van der Waals surface area contributed by atoms with Gasteiger partial charge in [0.15, 0.2) is 5.96 Å². The van der Waals surface area contributed by atoms with Crippen molar-refractivity contribution in [2.24, 2.45) is 10.4 Å². The summed E-state index contributed by atoms with van der Waals surface area (Å²) in [7, 11) is 3.70. The summed E-state index contributed by atoms with van der Waals surface area (Å²) in [4.78, 5) is 7.12. The van der Waals surface area contributed by atoms with E-state index in [0.29, 0.717) is 17.5 Å². The highest BCUT2D eigenvalue weighted by molar-refractivity contribution is 5.80. The van der Waals surface area contributed by atoms with Gasteiger partial charge in [0.1, 0.15) is 0 Å². The predicted molar refractivity (Wildman–Crippen MR) is 121 cm³/mol. The van der Waals surface area contributed by atoms with Gasteiger partial charge in [0, 0.05) is 52.5 Å². The first-order valence-corrected chi connectivity index (χ1v) is 11.4. The molecular weight excluding hydrogens is 360 g/mol. The molecule has 5 heteroatoms. The van der Waals surface area contributed by atoms with Crippen molar-refractivity contribution in [3.63, 3.8) is 0 Å². The lowest BCUT2D eigenvalue weighted by atomic mass is 9.83. The van der Waals surface area contributed by atoms with Gasteiger partial charge in [-0.2, -0.15) is 0 Å². The standard InChI is InChI=1S/C24H40N4O/c1-20-17-22(11-15-28(20)18-21-9-5-4-6-10-21)27-23(25-2)26-19-24(14-16-29-3)12-7-8-13-24/h4-6,9-10,20,22H,7-8,11-19H2,1-3H3,(H2,25,26,27). The Morgan fingerprint density at radius 1 is 1.24 bits per heavy atom. The Morgan fingerprint density at radius 3 is 2.66 bits per heavy atom. The van der Waals surface area contributed by atoms with Crippen LogP contribution >= 0.6 is 0 Å². The molecule has 29 heavy (non-hydrogen) atoms. The van der Waals surface area contributed by atoms with Crippen LogP contribution in [0, 0.1) is 5.41 Å². The maximum absolute atomic E-state index is 5.37. The maximum atomic E-state index is 5.37. The molecule has 2 aliphatic rings. The second-order valence-corrected chi connectivity index (χ2v) is 9.05. The van der Waals surface area contributed by atoms with Gasteiger partial charge < -0.3 is 15.4 Å². The zero-order valence-corrected chi connectivity index (χ0v) is 18.6. The van der Waals surface area contributed by atoms with E-state index in [2.05, 4.69) is 57.8 Å². The molecule has 1 aromatic carbocycles. The summed E-state index contributed by atoms with van der Waals surface area (Å²) in [6.45, 7) is 6.38. The fourth-order valence-electron chi connectivity index (χ4n) is 5.02. The molecule has 2 unspecified atom stereocenters. The van der Waals surface area contributed by atoms with Crippen molar-refractivity contribution in [3.05, 3.63) is 35.9 Å². The van der Waals surface area contributed by atoms with Crippen molar-refractivity contribution in [3.8, 4) is 0 Å². The van der Waals surface area contributed by atoms with Crippen LogP contribution in [0.3, 0.4) is 0 Å². The normalized spacial score (nSPS) is 25.1. The molecule has 0 spiro atoms. The summed E-state index contributed by atoms with van der Waals surface area (Å²) in [5.74, 6) is 0.961. The van der Waals surface area contributed by atoms with Gasteiger partial charge in [0.2, 0.25) is 0 Å². The van der Waals surface area contributed by atoms with E-state index in [1.54, 1.807) is 0 Å². The van der Waals surface area contributed by atoms with Crippen LogP contribution in [-0.4, -0.2) is 56.8 Å². The minimum Gasteiger partial charge on any atom is -0.385 e. The highest BCUT2D eigenvalue weighted by atomic mass is 16.5. The summed E-state index contributed by atoms with van der Waals surface area (Å²) in [5.41, 5.74) is 1.78. The highest BCUT2D eigenvalue weighted by Crippen LogP contribution is 2.40. The van der Waals surface area contributed by atoms with Gasteiger partial charge in [-0.25, -0.2) is 0 Å². The van der Waals surface area contributed by atoms with Gasteiger partial charge in [-0.3, -0.25) is 9.89 Å². The summed E-state index contributed by atoms with van der Waals surface area (Å²) in [5, 5.41) is 7.34. The van der Waals surface area contributed by atoms with Gasteiger partial charge in [0.05, 0.1) is 0 Å². The number of rotatable bonds is 8. The van der Waals surface area contributed by atoms with Crippen molar-refractivity contribution in [2.45, 2.75) is 70.5 Å². The second-order valence-electron chi connectivity index (χ2n) is 9.05. The number of likely N-dealkylation sites (tertiary alicyclic amines) is 1. The van der Waals surface area contributed by atoms with E-state index in [1.165, 1.54) is 31.2 Å². The number of aliphatic imine (C=N–C) groups is 1. The number of piperidine rings is 1. The fraction of sp³-hybridized carbons (Fsp3) is 0.708. The van der Waals surface area contributed by atoms with Crippen LogP contribution in [-0.2, 0) is 11.3 Å². The van der Waals surface area contributed by atoms with Crippen LogP contribution in [0.4, 0.5) is 0 Å². The number of methoxy groups -OCH3 is 1. The average Bonchev–Trinajstić information content (AvgIpc) is 3.21. The number of guanidine groups is 1. The predicted octanol–water partition coefficient (Wildman–Crippen LogP) is 3.80. The summed E-state index contributed by atoms with van der Waals surface area (Å²) < 4.78 is 5.37. The largest absolute Gasteiger partial charge is 0.385 e. The van der Waals surface area contributed by atoms with Crippen molar-refractivity contribution in [1.82, 2.24) is 15.5 Å². The molecule has 0 aromatic heterocycles. The Labute approximate surface area is 177 Å². The number of hydrogen-bond donors (Lipinski definition) is 2.